The van der Waals surface area contributed by atoms with Crippen LogP contribution in [-0.2, 0) is 4.79 Å². The highest BCUT2D eigenvalue weighted by atomic mass is 35.5. The van der Waals surface area contributed by atoms with Crippen LogP contribution in [0.3, 0.4) is 0 Å². The number of aryl methyl sites for hydroxylation is 1. The topological polar surface area (TPSA) is 75.5 Å². The van der Waals surface area contributed by atoms with Crippen LogP contribution in [-0.4, -0.2) is 35.4 Å². The van der Waals surface area contributed by atoms with E-state index in [1.165, 1.54) is 12.1 Å². The summed E-state index contributed by atoms with van der Waals surface area (Å²) < 4.78 is 0. The number of hydrogen-bond acceptors (Lipinski definition) is 4. The smallest absolute Gasteiger partial charge is 0.288 e. The first-order valence-corrected chi connectivity index (χ1v) is 6.83. The number of nitrogens with zero attached hydrogens (tertiary/aromatic N) is 2. The highest BCUT2D eigenvalue weighted by Crippen LogP contribution is 2.30. The molecule has 0 radical (unpaired) electrons. The molecule has 0 atom stereocenters. The van der Waals surface area contributed by atoms with E-state index >= 15 is 0 Å². The van der Waals surface area contributed by atoms with E-state index in [4.69, 9.17) is 11.6 Å². The largest absolute Gasteiger partial charge is 0.376 e. The molecule has 1 aromatic carbocycles. The van der Waals surface area contributed by atoms with Gasteiger partial charge in [0.1, 0.15) is 5.02 Å². The van der Waals surface area contributed by atoms with Gasteiger partial charge in [-0.2, -0.15) is 0 Å². The maximum absolute atomic E-state index is 11.9. The summed E-state index contributed by atoms with van der Waals surface area (Å²) in [6, 6.07) is 2.90. The van der Waals surface area contributed by atoms with E-state index < -0.39 is 4.92 Å². The first-order chi connectivity index (χ1) is 9.49. The molecule has 1 heterocycles. The van der Waals surface area contributed by atoms with Gasteiger partial charge in [-0.15, -0.1) is 0 Å². The molecule has 0 spiro atoms. The second-order valence-corrected chi connectivity index (χ2v) is 5.22. The summed E-state index contributed by atoms with van der Waals surface area (Å²) in [5.74, 6) is 0.0383. The van der Waals surface area contributed by atoms with E-state index in [9.17, 15) is 14.9 Å². The third-order valence-corrected chi connectivity index (χ3v) is 3.68. The molecular formula is C13H16ClN3O3. The Labute approximate surface area is 121 Å². The third-order valence-electron chi connectivity index (χ3n) is 3.38. The number of amides is 1. The van der Waals surface area contributed by atoms with Crippen molar-refractivity contribution in [2.75, 3.05) is 25.0 Å². The van der Waals surface area contributed by atoms with Crippen LogP contribution in [0.15, 0.2) is 12.1 Å². The van der Waals surface area contributed by atoms with E-state index in [1.807, 2.05) is 4.90 Å². The molecule has 7 heteroatoms. The van der Waals surface area contributed by atoms with Crippen LogP contribution in [0.5, 0.6) is 0 Å². The van der Waals surface area contributed by atoms with Crippen molar-refractivity contribution in [2.45, 2.75) is 19.8 Å². The molecule has 6 nitrogen and oxygen atoms in total. The average Bonchev–Trinajstić information content (AvgIpc) is 2.92. The lowest BCUT2D eigenvalue weighted by molar-refractivity contribution is -0.384. The number of hydrogen-bond donors (Lipinski definition) is 1. The van der Waals surface area contributed by atoms with Gasteiger partial charge in [-0.05, 0) is 31.4 Å². The number of likely N-dealkylation sites (tertiary alicyclic amines) is 1. The molecule has 1 fully saturated rings. The Hall–Kier alpha value is -1.82. The van der Waals surface area contributed by atoms with Gasteiger partial charge in [-0.1, -0.05) is 11.6 Å². The molecule has 0 saturated carbocycles. The van der Waals surface area contributed by atoms with Crippen molar-refractivity contribution >= 4 is 28.9 Å². The molecule has 1 aromatic rings. The number of anilines is 1. The van der Waals surface area contributed by atoms with Crippen molar-refractivity contribution < 1.29 is 9.72 Å². The number of carbonyl (C=O) groups is 1. The molecule has 1 amide bonds. The Bertz CT molecular complexity index is 542. The average molecular weight is 298 g/mol. The normalized spacial score (nSPS) is 14.4. The zero-order chi connectivity index (χ0) is 14.7. The summed E-state index contributed by atoms with van der Waals surface area (Å²) in [5.41, 5.74) is 1.21. The minimum atomic E-state index is -0.519. The lowest BCUT2D eigenvalue weighted by Crippen LogP contribution is -2.33. The Morgan fingerprint density at radius 3 is 2.70 bits per heavy atom. The molecule has 0 unspecified atom stereocenters. The zero-order valence-corrected chi connectivity index (χ0v) is 11.9. The lowest BCUT2D eigenvalue weighted by atomic mass is 10.1. The molecule has 1 aliphatic heterocycles. The van der Waals surface area contributed by atoms with Crippen molar-refractivity contribution in [1.82, 2.24) is 4.90 Å². The fourth-order valence-electron chi connectivity index (χ4n) is 2.25. The molecule has 0 aromatic heterocycles. The molecule has 1 N–H and O–H groups in total. The maximum Gasteiger partial charge on any atom is 0.288 e. The first kappa shape index (κ1) is 14.6. The summed E-state index contributed by atoms with van der Waals surface area (Å²) in [6.07, 6.45) is 2.10. The van der Waals surface area contributed by atoms with Gasteiger partial charge in [0.25, 0.3) is 5.69 Å². The predicted octanol–water partition coefficient (Wildman–Crippen LogP) is 2.59. The van der Waals surface area contributed by atoms with Gasteiger partial charge < -0.3 is 10.2 Å². The van der Waals surface area contributed by atoms with Crippen LogP contribution in [0.4, 0.5) is 11.4 Å². The van der Waals surface area contributed by atoms with Crippen LogP contribution < -0.4 is 5.32 Å². The van der Waals surface area contributed by atoms with Crippen LogP contribution in [0.1, 0.15) is 18.4 Å². The van der Waals surface area contributed by atoms with E-state index in [-0.39, 0.29) is 23.2 Å². The van der Waals surface area contributed by atoms with E-state index in [0.29, 0.717) is 11.3 Å². The van der Waals surface area contributed by atoms with Gasteiger partial charge in [0, 0.05) is 24.8 Å². The fourth-order valence-corrected chi connectivity index (χ4v) is 2.48. The molecule has 0 aliphatic carbocycles. The van der Waals surface area contributed by atoms with E-state index in [2.05, 4.69) is 5.32 Å². The van der Waals surface area contributed by atoms with Gasteiger partial charge in [0.15, 0.2) is 0 Å². The summed E-state index contributed by atoms with van der Waals surface area (Å²) in [5, 5.41) is 13.8. The van der Waals surface area contributed by atoms with E-state index in [0.717, 1.165) is 25.9 Å². The SMILES string of the molecule is Cc1cc([N+](=O)[O-])c(Cl)cc1NCC(=O)N1CCCC1. The van der Waals surface area contributed by atoms with Crippen LogP contribution >= 0.6 is 11.6 Å². The number of nitro benzene ring substituents is 1. The molecule has 0 bridgehead atoms. The summed E-state index contributed by atoms with van der Waals surface area (Å²) in [6.45, 7) is 3.53. The Kier molecular flexibility index (Phi) is 4.44. The van der Waals surface area contributed by atoms with Gasteiger partial charge in [-0.25, -0.2) is 0 Å². The van der Waals surface area contributed by atoms with Crippen molar-refractivity contribution in [1.29, 1.82) is 0 Å². The van der Waals surface area contributed by atoms with Crippen molar-refractivity contribution in [3.63, 3.8) is 0 Å². The van der Waals surface area contributed by atoms with Crippen molar-refractivity contribution in [3.05, 3.63) is 32.8 Å². The molecule has 108 valence electrons. The number of halogens is 1. The summed E-state index contributed by atoms with van der Waals surface area (Å²) >= 11 is 5.86. The molecule has 1 saturated heterocycles. The summed E-state index contributed by atoms with van der Waals surface area (Å²) in [4.78, 5) is 24.0. The van der Waals surface area contributed by atoms with Crippen LogP contribution in [0.2, 0.25) is 5.02 Å². The standard InChI is InChI=1S/C13H16ClN3O3/c1-9-6-12(17(19)20)10(14)7-11(9)15-8-13(18)16-4-2-3-5-16/h6-7,15H,2-5,8H2,1H3. The highest BCUT2D eigenvalue weighted by Gasteiger charge is 2.19. The quantitative estimate of drug-likeness (QED) is 0.684. The van der Waals surface area contributed by atoms with Gasteiger partial charge >= 0.3 is 0 Å². The molecular weight excluding hydrogens is 282 g/mol. The molecule has 2 rings (SSSR count). The zero-order valence-electron chi connectivity index (χ0n) is 11.2. The molecule has 20 heavy (non-hydrogen) atoms. The predicted molar refractivity (Wildman–Crippen MR) is 77.1 cm³/mol. The fraction of sp³-hybridized carbons (Fsp3) is 0.462. The number of nitro groups is 1. The Morgan fingerprint density at radius 1 is 1.45 bits per heavy atom. The second kappa shape index (κ2) is 6.09. The van der Waals surface area contributed by atoms with Gasteiger partial charge in [-0.3, -0.25) is 14.9 Å². The van der Waals surface area contributed by atoms with Gasteiger partial charge in [0.2, 0.25) is 5.91 Å². The Morgan fingerprint density at radius 2 is 2.10 bits per heavy atom. The number of nitrogens with one attached hydrogen (secondary N) is 1. The van der Waals surface area contributed by atoms with Crippen molar-refractivity contribution in [2.24, 2.45) is 0 Å². The van der Waals surface area contributed by atoms with Crippen molar-refractivity contribution in [3.8, 4) is 0 Å². The number of carbonyl (C=O) groups excluding carboxylic acids is 1. The maximum atomic E-state index is 11.9. The highest BCUT2D eigenvalue weighted by molar-refractivity contribution is 6.33. The number of benzene rings is 1. The lowest BCUT2D eigenvalue weighted by Gasteiger charge is -2.16. The minimum Gasteiger partial charge on any atom is -0.376 e. The second-order valence-electron chi connectivity index (χ2n) is 4.82. The third kappa shape index (κ3) is 3.19. The minimum absolute atomic E-state index is 0.0383. The van der Waals surface area contributed by atoms with Gasteiger partial charge in [0.05, 0.1) is 11.5 Å². The first-order valence-electron chi connectivity index (χ1n) is 6.45. The molecule has 1 aliphatic rings. The Balaban J connectivity index is 2.04. The van der Waals surface area contributed by atoms with Crippen LogP contribution in [0.25, 0.3) is 0 Å². The monoisotopic (exact) mass is 297 g/mol. The summed E-state index contributed by atoms with van der Waals surface area (Å²) in [7, 11) is 0. The van der Waals surface area contributed by atoms with Crippen LogP contribution in [0, 0.1) is 17.0 Å². The van der Waals surface area contributed by atoms with E-state index in [1.54, 1.807) is 6.92 Å². The number of rotatable bonds is 4.